The Labute approximate surface area is 117 Å². The fourth-order valence-corrected chi connectivity index (χ4v) is 2.33. The number of benzene rings is 1. The maximum Gasteiger partial charge on any atom is 0.269 e. The van der Waals surface area contributed by atoms with Crippen LogP contribution in [0, 0.1) is 11.6 Å². The lowest BCUT2D eigenvalue weighted by Gasteiger charge is -2.04. The van der Waals surface area contributed by atoms with Crippen molar-refractivity contribution in [1.29, 1.82) is 0 Å². The molecular formula is C12H12F2N4OS. The summed E-state index contributed by atoms with van der Waals surface area (Å²) in [6, 6.07) is 3.10. The highest BCUT2D eigenvalue weighted by atomic mass is 32.1. The molecule has 0 unspecified atom stereocenters. The van der Waals surface area contributed by atoms with Gasteiger partial charge < -0.3 is 16.4 Å². The number of hydrogen-bond donors (Lipinski definition) is 3. The van der Waals surface area contributed by atoms with Gasteiger partial charge in [-0.2, -0.15) is 0 Å². The molecule has 5 nitrogen and oxygen atoms in total. The predicted molar refractivity (Wildman–Crippen MR) is 75.0 cm³/mol. The van der Waals surface area contributed by atoms with E-state index in [1.807, 2.05) is 6.92 Å². The third-order valence-corrected chi connectivity index (χ3v) is 3.39. The Morgan fingerprint density at radius 3 is 2.80 bits per heavy atom. The van der Waals surface area contributed by atoms with Crippen LogP contribution in [-0.2, 0) is 0 Å². The van der Waals surface area contributed by atoms with Crippen LogP contribution in [-0.4, -0.2) is 17.4 Å². The Morgan fingerprint density at radius 2 is 2.15 bits per heavy atom. The van der Waals surface area contributed by atoms with E-state index in [-0.39, 0.29) is 16.4 Å². The molecule has 0 spiro atoms. The van der Waals surface area contributed by atoms with Crippen LogP contribution in [0.2, 0.25) is 0 Å². The van der Waals surface area contributed by atoms with E-state index in [9.17, 15) is 13.6 Å². The summed E-state index contributed by atoms with van der Waals surface area (Å²) < 4.78 is 25.8. The van der Waals surface area contributed by atoms with Crippen molar-refractivity contribution >= 4 is 33.9 Å². The third kappa shape index (κ3) is 3.02. The Hall–Kier alpha value is -2.22. The van der Waals surface area contributed by atoms with Crippen LogP contribution < -0.4 is 16.4 Å². The number of nitrogens with one attached hydrogen (secondary N) is 2. The zero-order valence-corrected chi connectivity index (χ0v) is 11.4. The number of nitrogen functional groups attached to an aromatic ring is 1. The molecule has 0 aliphatic heterocycles. The maximum absolute atomic E-state index is 13.0. The second kappa shape index (κ2) is 5.83. The molecular weight excluding hydrogens is 286 g/mol. The van der Waals surface area contributed by atoms with Crippen LogP contribution in [0.3, 0.4) is 0 Å². The summed E-state index contributed by atoms with van der Waals surface area (Å²) >= 11 is 1.09. The van der Waals surface area contributed by atoms with Crippen molar-refractivity contribution in [3.63, 3.8) is 0 Å². The lowest BCUT2D eigenvalue weighted by Crippen LogP contribution is -2.12. The van der Waals surface area contributed by atoms with Gasteiger partial charge in [0.15, 0.2) is 16.8 Å². The molecule has 1 aromatic carbocycles. The monoisotopic (exact) mass is 298 g/mol. The van der Waals surface area contributed by atoms with E-state index in [2.05, 4.69) is 15.6 Å². The first-order valence-electron chi connectivity index (χ1n) is 5.77. The number of hydrogen-bond acceptors (Lipinski definition) is 5. The molecule has 0 aliphatic rings. The van der Waals surface area contributed by atoms with Gasteiger partial charge in [-0.05, 0) is 19.1 Å². The SMILES string of the molecule is CCNc1nc(N)c(C(=O)Nc2ccc(F)c(F)c2)s1. The van der Waals surface area contributed by atoms with Gasteiger partial charge in [0, 0.05) is 18.3 Å². The van der Waals surface area contributed by atoms with Gasteiger partial charge in [-0.1, -0.05) is 11.3 Å². The summed E-state index contributed by atoms with van der Waals surface area (Å²) in [5.41, 5.74) is 5.79. The molecule has 0 radical (unpaired) electrons. The first-order chi connectivity index (χ1) is 9.51. The molecule has 20 heavy (non-hydrogen) atoms. The van der Waals surface area contributed by atoms with Crippen molar-refractivity contribution in [1.82, 2.24) is 4.98 Å². The number of halogens is 2. The van der Waals surface area contributed by atoms with Gasteiger partial charge in [0.05, 0.1) is 0 Å². The summed E-state index contributed by atoms with van der Waals surface area (Å²) in [6.45, 7) is 2.54. The minimum atomic E-state index is -1.03. The molecule has 4 N–H and O–H groups in total. The summed E-state index contributed by atoms with van der Waals surface area (Å²) in [4.78, 5) is 16.2. The quantitative estimate of drug-likeness (QED) is 0.810. The zero-order valence-electron chi connectivity index (χ0n) is 10.5. The second-order valence-corrected chi connectivity index (χ2v) is 4.85. The van der Waals surface area contributed by atoms with Crippen molar-refractivity contribution in [3.05, 3.63) is 34.7 Å². The largest absolute Gasteiger partial charge is 0.382 e. The molecule has 8 heteroatoms. The molecule has 0 atom stereocenters. The van der Waals surface area contributed by atoms with Gasteiger partial charge in [-0.15, -0.1) is 0 Å². The number of carbonyl (C=O) groups is 1. The normalized spacial score (nSPS) is 10.3. The number of nitrogens with zero attached hydrogens (tertiary/aromatic N) is 1. The molecule has 2 rings (SSSR count). The van der Waals surface area contributed by atoms with Crippen LogP contribution >= 0.6 is 11.3 Å². The van der Waals surface area contributed by atoms with Crippen LogP contribution in [0.5, 0.6) is 0 Å². The Balaban J connectivity index is 2.17. The number of carbonyl (C=O) groups excluding carboxylic acids is 1. The smallest absolute Gasteiger partial charge is 0.269 e. The molecule has 1 amide bonds. The maximum atomic E-state index is 13.0. The summed E-state index contributed by atoms with van der Waals surface area (Å²) in [5, 5.41) is 5.91. The molecule has 0 saturated carbocycles. The van der Waals surface area contributed by atoms with E-state index in [1.54, 1.807) is 0 Å². The van der Waals surface area contributed by atoms with E-state index in [4.69, 9.17) is 5.73 Å². The van der Waals surface area contributed by atoms with Crippen molar-refractivity contribution < 1.29 is 13.6 Å². The number of aromatic nitrogens is 1. The number of anilines is 3. The second-order valence-electron chi connectivity index (χ2n) is 3.85. The summed E-state index contributed by atoms with van der Waals surface area (Å²) in [7, 11) is 0. The molecule has 0 bridgehead atoms. The minimum absolute atomic E-state index is 0.0889. The Bertz CT molecular complexity index is 644. The van der Waals surface area contributed by atoms with E-state index in [0.29, 0.717) is 11.7 Å². The average Bonchev–Trinajstić information content (AvgIpc) is 2.75. The molecule has 0 aliphatic carbocycles. The molecule has 0 saturated heterocycles. The Kier molecular flexibility index (Phi) is 4.14. The number of amides is 1. The van der Waals surface area contributed by atoms with Gasteiger partial charge in [0.2, 0.25) is 0 Å². The van der Waals surface area contributed by atoms with Crippen LogP contribution in [0.25, 0.3) is 0 Å². The van der Waals surface area contributed by atoms with E-state index >= 15 is 0 Å². The minimum Gasteiger partial charge on any atom is -0.382 e. The lowest BCUT2D eigenvalue weighted by atomic mass is 10.3. The zero-order chi connectivity index (χ0) is 14.7. The topological polar surface area (TPSA) is 80.0 Å². The first kappa shape index (κ1) is 14.2. The van der Waals surface area contributed by atoms with Crippen LogP contribution in [0.4, 0.5) is 25.4 Å². The molecule has 106 valence electrons. The fraction of sp³-hybridized carbons (Fsp3) is 0.167. The van der Waals surface area contributed by atoms with Gasteiger partial charge in [0.1, 0.15) is 10.7 Å². The van der Waals surface area contributed by atoms with Crippen molar-refractivity contribution in [3.8, 4) is 0 Å². The van der Waals surface area contributed by atoms with Crippen LogP contribution in [0.15, 0.2) is 18.2 Å². The molecule has 0 fully saturated rings. The van der Waals surface area contributed by atoms with Gasteiger partial charge in [-0.3, -0.25) is 4.79 Å². The highest BCUT2D eigenvalue weighted by molar-refractivity contribution is 7.18. The standard InChI is InChI=1S/C12H12F2N4OS/c1-2-16-12-18-10(15)9(20-12)11(19)17-6-3-4-7(13)8(14)5-6/h3-5H,2,15H2,1H3,(H,16,18)(H,17,19). The fourth-order valence-electron chi connectivity index (χ4n) is 1.48. The highest BCUT2D eigenvalue weighted by Gasteiger charge is 2.16. The number of thiazole rings is 1. The van der Waals surface area contributed by atoms with E-state index in [0.717, 1.165) is 23.5 Å². The van der Waals surface area contributed by atoms with Crippen molar-refractivity contribution in [2.75, 3.05) is 22.9 Å². The highest BCUT2D eigenvalue weighted by Crippen LogP contribution is 2.26. The van der Waals surface area contributed by atoms with Gasteiger partial charge >= 0.3 is 0 Å². The van der Waals surface area contributed by atoms with Crippen molar-refractivity contribution in [2.24, 2.45) is 0 Å². The van der Waals surface area contributed by atoms with Gasteiger partial charge in [-0.25, -0.2) is 13.8 Å². The average molecular weight is 298 g/mol. The molecule has 2 aromatic rings. The lowest BCUT2D eigenvalue weighted by molar-refractivity contribution is 0.103. The first-order valence-corrected chi connectivity index (χ1v) is 6.59. The van der Waals surface area contributed by atoms with Crippen LogP contribution in [0.1, 0.15) is 16.6 Å². The third-order valence-electron chi connectivity index (χ3n) is 2.37. The van der Waals surface area contributed by atoms with Crippen molar-refractivity contribution in [2.45, 2.75) is 6.92 Å². The summed E-state index contributed by atoms with van der Waals surface area (Å²) in [5.74, 6) is -2.44. The Morgan fingerprint density at radius 1 is 1.40 bits per heavy atom. The summed E-state index contributed by atoms with van der Waals surface area (Å²) in [6.07, 6.45) is 0. The molecule has 1 aromatic heterocycles. The number of nitrogens with two attached hydrogens (primary N) is 1. The van der Waals surface area contributed by atoms with E-state index < -0.39 is 17.5 Å². The van der Waals surface area contributed by atoms with E-state index in [1.165, 1.54) is 6.07 Å². The van der Waals surface area contributed by atoms with Gasteiger partial charge in [0.25, 0.3) is 5.91 Å². The molecule has 1 heterocycles. The predicted octanol–water partition coefficient (Wildman–Crippen LogP) is 2.69. The number of rotatable bonds is 4.